The standard InChI is InChI=1S/C11H10F3NO2/c12-11(13,14)7-3-1-2-6-4-5-15-9(8(6)7)10(16)17/h1-3,9,15H,4-5H2,(H,16,17). The molecule has 1 atom stereocenters. The minimum absolute atomic E-state index is 0.154. The maximum atomic E-state index is 12.8. The van der Waals surface area contributed by atoms with Gasteiger partial charge in [-0.25, -0.2) is 0 Å². The first-order valence-electron chi connectivity index (χ1n) is 5.06. The second-order valence-corrected chi connectivity index (χ2v) is 3.85. The van der Waals surface area contributed by atoms with Crippen LogP contribution >= 0.6 is 0 Å². The number of alkyl halides is 3. The largest absolute Gasteiger partial charge is 0.480 e. The monoisotopic (exact) mass is 245 g/mol. The molecular weight excluding hydrogens is 235 g/mol. The normalized spacial score (nSPS) is 19.8. The van der Waals surface area contributed by atoms with E-state index in [2.05, 4.69) is 5.32 Å². The fraction of sp³-hybridized carbons (Fsp3) is 0.364. The lowest BCUT2D eigenvalue weighted by molar-refractivity contribution is -0.142. The highest BCUT2D eigenvalue weighted by molar-refractivity contribution is 5.77. The molecule has 2 N–H and O–H groups in total. The van der Waals surface area contributed by atoms with Gasteiger partial charge in [-0.2, -0.15) is 13.2 Å². The second-order valence-electron chi connectivity index (χ2n) is 3.85. The number of aliphatic carboxylic acids is 1. The van der Waals surface area contributed by atoms with E-state index in [1.54, 1.807) is 6.07 Å². The lowest BCUT2D eigenvalue weighted by Gasteiger charge is -2.27. The topological polar surface area (TPSA) is 49.3 Å². The number of benzene rings is 1. The Morgan fingerprint density at radius 2 is 2.12 bits per heavy atom. The Labute approximate surface area is 95.3 Å². The Bertz CT molecular complexity index is 457. The summed E-state index contributed by atoms with van der Waals surface area (Å²) in [5.74, 6) is -1.29. The van der Waals surface area contributed by atoms with Crippen LogP contribution in [-0.2, 0) is 17.4 Å². The van der Waals surface area contributed by atoms with Crippen molar-refractivity contribution >= 4 is 5.97 Å². The maximum absolute atomic E-state index is 12.8. The van der Waals surface area contributed by atoms with Gasteiger partial charge in [-0.3, -0.25) is 4.79 Å². The molecule has 0 spiro atoms. The Hall–Kier alpha value is -1.56. The molecule has 1 aliphatic rings. The summed E-state index contributed by atoms with van der Waals surface area (Å²) < 4.78 is 38.4. The molecule has 1 unspecified atom stereocenters. The van der Waals surface area contributed by atoms with Gasteiger partial charge in [0.25, 0.3) is 0 Å². The van der Waals surface area contributed by atoms with Gasteiger partial charge in [0.1, 0.15) is 6.04 Å². The highest BCUT2D eigenvalue weighted by Gasteiger charge is 2.39. The van der Waals surface area contributed by atoms with Gasteiger partial charge in [0, 0.05) is 6.54 Å². The molecule has 0 radical (unpaired) electrons. The quantitative estimate of drug-likeness (QED) is 0.795. The van der Waals surface area contributed by atoms with Crippen LogP contribution in [0.4, 0.5) is 13.2 Å². The summed E-state index contributed by atoms with van der Waals surface area (Å²) in [6.45, 7) is 0.366. The van der Waals surface area contributed by atoms with Crippen molar-refractivity contribution in [1.29, 1.82) is 0 Å². The summed E-state index contributed by atoms with van der Waals surface area (Å²) in [7, 11) is 0. The molecule has 1 heterocycles. The van der Waals surface area contributed by atoms with E-state index in [1.165, 1.54) is 6.07 Å². The van der Waals surface area contributed by atoms with E-state index in [1.807, 2.05) is 0 Å². The predicted molar refractivity (Wildman–Crippen MR) is 53.5 cm³/mol. The highest BCUT2D eigenvalue weighted by atomic mass is 19.4. The third-order valence-electron chi connectivity index (χ3n) is 2.78. The van der Waals surface area contributed by atoms with E-state index in [4.69, 9.17) is 5.11 Å². The summed E-state index contributed by atoms with van der Waals surface area (Å²) in [5.41, 5.74) is -0.570. The molecule has 0 saturated heterocycles. The van der Waals surface area contributed by atoms with E-state index in [-0.39, 0.29) is 5.56 Å². The van der Waals surface area contributed by atoms with Crippen molar-refractivity contribution in [3.05, 3.63) is 34.9 Å². The Morgan fingerprint density at radius 1 is 1.41 bits per heavy atom. The minimum atomic E-state index is -4.53. The SMILES string of the molecule is O=C(O)C1NCCc2cccc(C(F)(F)F)c21. The number of hydrogen-bond acceptors (Lipinski definition) is 2. The van der Waals surface area contributed by atoms with E-state index in [0.29, 0.717) is 18.5 Å². The van der Waals surface area contributed by atoms with Crippen LogP contribution in [0.3, 0.4) is 0 Å². The predicted octanol–water partition coefficient (Wildman–Crippen LogP) is 1.98. The Kier molecular flexibility index (Phi) is 2.82. The molecule has 1 aromatic rings. The van der Waals surface area contributed by atoms with E-state index < -0.39 is 23.8 Å². The lowest BCUT2D eigenvalue weighted by Crippen LogP contribution is -2.36. The van der Waals surface area contributed by atoms with Crippen molar-refractivity contribution in [3.8, 4) is 0 Å². The third kappa shape index (κ3) is 2.12. The van der Waals surface area contributed by atoms with Crippen molar-refractivity contribution in [2.75, 3.05) is 6.54 Å². The number of hydrogen-bond donors (Lipinski definition) is 2. The molecular formula is C11H10F3NO2. The number of halogens is 3. The Balaban J connectivity index is 2.61. The van der Waals surface area contributed by atoms with Gasteiger partial charge in [-0.05, 0) is 23.6 Å². The molecule has 1 aliphatic heterocycles. The van der Waals surface area contributed by atoms with E-state index >= 15 is 0 Å². The number of rotatable bonds is 1. The zero-order chi connectivity index (χ0) is 12.6. The molecule has 0 aliphatic carbocycles. The Morgan fingerprint density at radius 3 is 2.71 bits per heavy atom. The number of fused-ring (bicyclic) bond motifs is 1. The van der Waals surface area contributed by atoms with Crippen LogP contribution in [0.25, 0.3) is 0 Å². The summed E-state index contributed by atoms with van der Waals surface area (Å²) in [4.78, 5) is 11.0. The van der Waals surface area contributed by atoms with E-state index in [0.717, 1.165) is 6.07 Å². The average Bonchev–Trinajstić information content (AvgIpc) is 2.26. The van der Waals surface area contributed by atoms with Crippen molar-refractivity contribution in [3.63, 3.8) is 0 Å². The van der Waals surface area contributed by atoms with Crippen molar-refractivity contribution in [1.82, 2.24) is 5.32 Å². The second kappa shape index (κ2) is 4.03. The number of nitrogens with one attached hydrogen (secondary N) is 1. The molecule has 3 nitrogen and oxygen atoms in total. The molecule has 17 heavy (non-hydrogen) atoms. The summed E-state index contributed by atoms with van der Waals surface area (Å²) in [5, 5.41) is 11.5. The van der Waals surface area contributed by atoms with Crippen LogP contribution in [0.2, 0.25) is 0 Å². The molecule has 6 heteroatoms. The van der Waals surface area contributed by atoms with Gasteiger partial charge in [0.05, 0.1) is 5.56 Å². The van der Waals surface area contributed by atoms with Gasteiger partial charge in [0.2, 0.25) is 0 Å². The first-order valence-corrected chi connectivity index (χ1v) is 5.06. The number of carboxylic acid groups (broad SMARTS) is 1. The summed E-state index contributed by atoms with van der Waals surface area (Å²) in [6, 6.07) is 2.49. The van der Waals surface area contributed by atoms with Gasteiger partial charge in [-0.1, -0.05) is 12.1 Å². The van der Waals surface area contributed by atoms with Crippen LogP contribution in [-0.4, -0.2) is 17.6 Å². The van der Waals surface area contributed by atoms with Gasteiger partial charge in [-0.15, -0.1) is 0 Å². The molecule has 1 aromatic carbocycles. The molecule has 0 bridgehead atoms. The zero-order valence-corrected chi connectivity index (χ0v) is 8.71. The van der Waals surface area contributed by atoms with E-state index in [9.17, 15) is 18.0 Å². The first kappa shape index (κ1) is 11.9. The van der Waals surface area contributed by atoms with Gasteiger partial charge in [0.15, 0.2) is 0 Å². The fourth-order valence-corrected chi connectivity index (χ4v) is 2.08. The molecule has 0 fully saturated rings. The van der Waals surface area contributed by atoms with Crippen molar-refractivity contribution in [2.45, 2.75) is 18.6 Å². The highest BCUT2D eigenvalue weighted by Crippen LogP contribution is 2.37. The van der Waals surface area contributed by atoms with Crippen LogP contribution in [0.1, 0.15) is 22.7 Å². The minimum Gasteiger partial charge on any atom is -0.480 e. The average molecular weight is 245 g/mol. The molecule has 2 rings (SSSR count). The van der Waals surface area contributed by atoms with Crippen molar-refractivity contribution in [2.24, 2.45) is 0 Å². The molecule has 92 valence electrons. The summed E-state index contributed by atoms with van der Waals surface area (Å²) in [6.07, 6.45) is -4.12. The fourth-order valence-electron chi connectivity index (χ4n) is 2.08. The van der Waals surface area contributed by atoms with Gasteiger partial charge >= 0.3 is 12.1 Å². The first-order chi connectivity index (χ1) is 7.91. The van der Waals surface area contributed by atoms with Crippen LogP contribution in [0.15, 0.2) is 18.2 Å². The number of carbonyl (C=O) groups is 1. The summed E-state index contributed by atoms with van der Waals surface area (Å²) >= 11 is 0. The molecule has 0 aromatic heterocycles. The molecule has 0 saturated carbocycles. The number of carboxylic acids is 1. The lowest BCUT2D eigenvalue weighted by atomic mass is 9.89. The van der Waals surface area contributed by atoms with Gasteiger partial charge < -0.3 is 10.4 Å². The van der Waals surface area contributed by atoms with Crippen molar-refractivity contribution < 1.29 is 23.1 Å². The maximum Gasteiger partial charge on any atom is 0.416 e. The zero-order valence-electron chi connectivity index (χ0n) is 8.71. The molecule has 0 amide bonds. The van der Waals surface area contributed by atoms with Crippen LogP contribution < -0.4 is 5.32 Å². The van der Waals surface area contributed by atoms with Crippen LogP contribution in [0, 0.1) is 0 Å². The third-order valence-corrected chi connectivity index (χ3v) is 2.78. The smallest absolute Gasteiger partial charge is 0.416 e. The van der Waals surface area contributed by atoms with Crippen LogP contribution in [0.5, 0.6) is 0 Å².